The van der Waals surface area contributed by atoms with Crippen LogP contribution in [0.5, 0.6) is 11.5 Å². The third-order valence-electron chi connectivity index (χ3n) is 10.2. The van der Waals surface area contributed by atoms with Gasteiger partial charge in [0.2, 0.25) is 0 Å². The number of aromatic nitrogens is 4. The van der Waals surface area contributed by atoms with E-state index in [9.17, 15) is 9.59 Å². The molecule has 2 aromatic heterocycles. The molecule has 12 nitrogen and oxygen atoms in total. The molecule has 272 valence electrons. The lowest BCUT2D eigenvalue weighted by molar-refractivity contribution is -0.104. The van der Waals surface area contributed by atoms with Crippen LogP contribution in [0.15, 0.2) is 65.7 Å². The number of imidazole rings is 1. The Bertz CT molecular complexity index is 1900. The van der Waals surface area contributed by atoms with E-state index < -0.39 is 29.8 Å². The Morgan fingerprint density at radius 3 is 2.31 bits per heavy atom. The lowest BCUT2D eigenvalue weighted by atomic mass is 9.91. The van der Waals surface area contributed by atoms with E-state index in [-0.39, 0.29) is 29.5 Å². The number of anilines is 1. The van der Waals surface area contributed by atoms with Crippen LogP contribution >= 0.6 is 0 Å². The SMILES string of the molecule is CC(C)(C)OC(=O)N1CC(N2CCC(CCN3CC[C@H](n4c(=O)n(-c5ccc(Oc6ccccc6)cc5)c5c(N)ncnc54)C(F)(F)C3)CC2)C1. The Labute approximate surface area is 295 Å². The summed E-state index contributed by atoms with van der Waals surface area (Å²) >= 11 is 0. The number of carbonyl (C=O) groups excluding carboxylic acids is 1. The molecular weight excluding hydrogens is 658 g/mol. The van der Waals surface area contributed by atoms with Crippen LogP contribution in [-0.4, -0.2) is 103 Å². The molecule has 0 unspecified atom stereocenters. The second kappa shape index (κ2) is 13.9. The molecule has 0 bridgehead atoms. The van der Waals surface area contributed by atoms with Crippen LogP contribution in [0.4, 0.5) is 19.4 Å². The number of likely N-dealkylation sites (tertiary alicyclic amines) is 3. The molecule has 3 fully saturated rings. The number of fused-ring (bicyclic) bond motifs is 1. The number of nitrogen functional groups attached to an aromatic ring is 1. The van der Waals surface area contributed by atoms with Crippen molar-refractivity contribution in [1.82, 2.24) is 33.8 Å². The number of halogens is 2. The van der Waals surface area contributed by atoms with E-state index in [1.165, 1.54) is 10.9 Å². The van der Waals surface area contributed by atoms with Gasteiger partial charge in [0.25, 0.3) is 5.92 Å². The van der Waals surface area contributed by atoms with Gasteiger partial charge in [-0.15, -0.1) is 0 Å². The number of nitrogens with two attached hydrogens (primary N) is 1. The van der Waals surface area contributed by atoms with Crippen LogP contribution in [-0.2, 0) is 4.74 Å². The molecule has 7 rings (SSSR count). The summed E-state index contributed by atoms with van der Waals surface area (Å²) in [5, 5.41) is 0. The molecule has 0 saturated carbocycles. The molecule has 14 heteroatoms. The van der Waals surface area contributed by atoms with Crippen LogP contribution in [0.3, 0.4) is 0 Å². The van der Waals surface area contributed by atoms with Crippen molar-refractivity contribution in [3.05, 3.63) is 71.4 Å². The molecule has 1 amide bonds. The number of rotatable bonds is 8. The number of hydrogen-bond acceptors (Lipinski definition) is 9. The zero-order chi connectivity index (χ0) is 35.9. The smallest absolute Gasteiger partial charge is 0.410 e. The van der Waals surface area contributed by atoms with Gasteiger partial charge in [0, 0.05) is 25.7 Å². The first-order valence-electron chi connectivity index (χ1n) is 17.8. The molecular formula is C37H46F2N8O4. The number of hydrogen-bond donors (Lipinski definition) is 1. The first-order valence-corrected chi connectivity index (χ1v) is 17.8. The van der Waals surface area contributed by atoms with Crippen molar-refractivity contribution in [3.63, 3.8) is 0 Å². The van der Waals surface area contributed by atoms with E-state index in [0.29, 0.717) is 55.3 Å². The van der Waals surface area contributed by atoms with Gasteiger partial charge in [-0.2, -0.15) is 0 Å². The van der Waals surface area contributed by atoms with E-state index in [1.807, 2.05) is 56.0 Å². The van der Waals surface area contributed by atoms with Crippen LogP contribution in [0.25, 0.3) is 16.9 Å². The number of ether oxygens (including phenoxy) is 2. The minimum Gasteiger partial charge on any atom is -0.457 e. The number of nitrogens with zero attached hydrogens (tertiary/aromatic N) is 7. The fourth-order valence-corrected chi connectivity index (χ4v) is 7.52. The molecule has 4 aromatic rings. The minimum atomic E-state index is -3.18. The summed E-state index contributed by atoms with van der Waals surface area (Å²) in [6, 6.07) is 15.0. The summed E-state index contributed by atoms with van der Waals surface area (Å²) in [6.45, 7) is 9.42. The maximum atomic E-state index is 16.1. The Hall–Kier alpha value is -4.56. The first kappa shape index (κ1) is 34.9. The molecule has 2 N–H and O–H groups in total. The van der Waals surface area contributed by atoms with Gasteiger partial charge in [-0.3, -0.25) is 18.9 Å². The van der Waals surface area contributed by atoms with E-state index in [4.69, 9.17) is 15.2 Å². The number of benzene rings is 2. The van der Waals surface area contributed by atoms with E-state index in [2.05, 4.69) is 14.9 Å². The number of amides is 1. The fourth-order valence-electron chi connectivity index (χ4n) is 7.52. The number of carbonyl (C=O) groups is 1. The second-order valence-electron chi connectivity index (χ2n) is 15.0. The molecule has 0 spiro atoms. The average molecular weight is 705 g/mol. The summed E-state index contributed by atoms with van der Waals surface area (Å²) in [5.74, 6) is -1.47. The van der Waals surface area contributed by atoms with Gasteiger partial charge >= 0.3 is 11.8 Å². The number of alkyl halides is 2. The quantitative estimate of drug-likeness (QED) is 0.251. The Morgan fingerprint density at radius 2 is 1.65 bits per heavy atom. The van der Waals surface area contributed by atoms with Crippen molar-refractivity contribution >= 4 is 23.1 Å². The lowest BCUT2D eigenvalue weighted by Crippen LogP contribution is -2.62. The topological polar surface area (TPSA) is 124 Å². The third-order valence-corrected chi connectivity index (χ3v) is 10.2. The van der Waals surface area contributed by atoms with E-state index >= 15 is 8.78 Å². The van der Waals surface area contributed by atoms with Gasteiger partial charge < -0.3 is 20.1 Å². The third kappa shape index (κ3) is 7.43. The largest absolute Gasteiger partial charge is 0.457 e. The highest BCUT2D eigenvalue weighted by atomic mass is 19.3. The van der Waals surface area contributed by atoms with Gasteiger partial charge in [-0.1, -0.05) is 18.2 Å². The molecule has 3 aliphatic rings. The maximum absolute atomic E-state index is 16.1. The van der Waals surface area contributed by atoms with Crippen molar-refractivity contribution in [1.29, 1.82) is 0 Å². The van der Waals surface area contributed by atoms with Crippen molar-refractivity contribution < 1.29 is 23.0 Å². The average Bonchev–Trinajstić information content (AvgIpc) is 3.36. The normalized spacial score (nSPS) is 20.7. The van der Waals surface area contributed by atoms with Gasteiger partial charge in [0.15, 0.2) is 11.5 Å². The van der Waals surface area contributed by atoms with Crippen LogP contribution in [0.2, 0.25) is 0 Å². The molecule has 1 atom stereocenters. The zero-order valence-corrected chi connectivity index (χ0v) is 29.4. The lowest BCUT2D eigenvalue weighted by Gasteiger charge is -2.47. The summed E-state index contributed by atoms with van der Waals surface area (Å²) < 4.78 is 45.9. The first-order chi connectivity index (χ1) is 24.4. The highest BCUT2D eigenvalue weighted by Gasteiger charge is 2.48. The molecule has 0 radical (unpaired) electrons. The summed E-state index contributed by atoms with van der Waals surface area (Å²) in [6.07, 6.45) is 3.89. The van der Waals surface area contributed by atoms with E-state index in [0.717, 1.165) is 36.9 Å². The fraction of sp³-hybridized carbons (Fsp3) is 0.514. The Morgan fingerprint density at radius 1 is 0.961 bits per heavy atom. The van der Waals surface area contributed by atoms with Crippen LogP contribution < -0.4 is 16.2 Å². The Balaban J connectivity index is 0.971. The standard InChI is InChI=1S/C37H46F2N8O4/c1-36(2,3)51-35(49)45-21-27(22-45)44-19-14-25(15-20-44)13-17-43-18-16-30(37(38,39)23-43)47-33-31(32(40)41-24-42-33)46(34(47)48)26-9-11-29(12-10-26)50-28-7-5-4-6-8-28/h4-12,24-25,27,30H,13-23H2,1-3H3,(H2,40,41,42)/t30-/m0/s1. The van der Waals surface area contributed by atoms with Gasteiger partial charge in [0.1, 0.15) is 35.0 Å². The van der Waals surface area contributed by atoms with Crippen LogP contribution in [0, 0.1) is 5.92 Å². The minimum absolute atomic E-state index is 0.0323. The highest BCUT2D eigenvalue weighted by Crippen LogP contribution is 2.39. The predicted molar refractivity (Wildman–Crippen MR) is 190 cm³/mol. The molecule has 3 aliphatic heterocycles. The highest BCUT2D eigenvalue weighted by molar-refractivity contribution is 5.84. The molecule has 51 heavy (non-hydrogen) atoms. The maximum Gasteiger partial charge on any atom is 0.410 e. The van der Waals surface area contributed by atoms with Crippen LogP contribution in [0.1, 0.15) is 52.5 Å². The summed E-state index contributed by atoms with van der Waals surface area (Å²) in [4.78, 5) is 40.7. The van der Waals surface area contributed by atoms with Crippen molar-refractivity contribution in [3.8, 4) is 17.2 Å². The monoisotopic (exact) mass is 704 g/mol. The molecule has 3 saturated heterocycles. The summed E-state index contributed by atoms with van der Waals surface area (Å²) in [7, 11) is 0. The zero-order valence-electron chi connectivity index (χ0n) is 29.4. The van der Waals surface area contributed by atoms with Crippen molar-refractivity contribution in [2.24, 2.45) is 5.92 Å². The molecule has 0 aliphatic carbocycles. The number of para-hydroxylation sites is 1. The summed E-state index contributed by atoms with van der Waals surface area (Å²) in [5.41, 5.74) is 5.82. The second-order valence-corrected chi connectivity index (χ2v) is 15.0. The number of piperidine rings is 2. The Kier molecular flexibility index (Phi) is 9.48. The van der Waals surface area contributed by atoms with Gasteiger partial charge in [-0.25, -0.2) is 28.3 Å². The van der Waals surface area contributed by atoms with Gasteiger partial charge in [0.05, 0.1) is 12.2 Å². The molecule has 2 aromatic carbocycles. The van der Waals surface area contributed by atoms with Crippen molar-refractivity contribution in [2.45, 2.75) is 70.1 Å². The molecule has 5 heterocycles. The van der Waals surface area contributed by atoms with Crippen molar-refractivity contribution in [2.75, 3.05) is 51.5 Å². The predicted octanol–water partition coefficient (Wildman–Crippen LogP) is 5.56. The van der Waals surface area contributed by atoms with Gasteiger partial charge in [-0.05, 0) is 108 Å². The van der Waals surface area contributed by atoms with E-state index in [1.54, 1.807) is 29.2 Å².